The van der Waals surface area contributed by atoms with Crippen LogP contribution in [0.4, 0.5) is 5.69 Å². The van der Waals surface area contributed by atoms with E-state index in [1.807, 2.05) is 35.2 Å². The summed E-state index contributed by atoms with van der Waals surface area (Å²) >= 11 is 0. The van der Waals surface area contributed by atoms with Crippen LogP contribution in [0.3, 0.4) is 0 Å². The quantitative estimate of drug-likeness (QED) is 0.538. The van der Waals surface area contributed by atoms with Crippen molar-refractivity contribution in [1.82, 2.24) is 9.55 Å². The summed E-state index contributed by atoms with van der Waals surface area (Å²) in [6.45, 7) is 0.774. The number of benzene rings is 1. The van der Waals surface area contributed by atoms with E-state index >= 15 is 0 Å². The molecule has 20 heavy (non-hydrogen) atoms. The molecular formula is C15H13N3O2. The minimum Gasteiger partial charge on any atom is -0.347 e. The molecule has 0 saturated heterocycles. The summed E-state index contributed by atoms with van der Waals surface area (Å²) in [6, 6.07) is 10.9. The van der Waals surface area contributed by atoms with Gasteiger partial charge in [-0.3, -0.25) is 15.1 Å². The lowest BCUT2D eigenvalue weighted by molar-refractivity contribution is -0.383. The normalized spacial score (nSPS) is 10.8. The van der Waals surface area contributed by atoms with Crippen molar-refractivity contribution < 1.29 is 4.92 Å². The SMILES string of the molecule is O=[N+]([O-])c1cccc2c1ccn2CCc1cccnc1. The van der Waals surface area contributed by atoms with Crippen molar-refractivity contribution in [1.29, 1.82) is 0 Å². The van der Waals surface area contributed by atoms with Crippen LogP contribution in [0.25, 0.3) is 10.9 Å². The molecule has 0 unspecified atom stereocenters. The number of nitro benzene ring substituents is 1. The molecule has 0 aliphatic carbocycles. The number of rotatable bonds is 4. The van der Waals surface area contributed by atoms with E-state index in [0.717, 1.165) is 24.0 Å². The maximum absolute atomic E-state index is 11.0. The number of aryl methyl sites for hydroxylation is 2. The number of fused-ring (bicyclic) bond motifs is 1. The minimum absolute atomic E-state index is 0.155. The fraction of sp³-hybridized carbons (Fsp3) is 0.133. The average molecular weight is 267 g/mol. The van der Waals surface area contributed by atoms with Gasteiger partial charge in [0, 0.05) is 31.2 Å². The molecule has 5 nitrogen and oxygen atoms in total. The van der Waals surface area contributed by atoms with Crippen molar-refractivity contribution in [3.63, 3.8) is 0 Å². The zero-order valence-electron chi connectivity index (χ0n) is 10.8. The van der Waals surface area contributed by atoms with E-state index in [1.165, 1.54) is 6.07 Å². The topological polar surface area (TPSA) is 61.0 Å². The maximum atomic E-state index is 11.0. The maximum Gasteiger partial charge on any atom is 0.278 e. The second-order valence-electron chi connectivity index (χ2n) is 4.59. The Morgan fingerprint density at radius 1 is 1.20 bits per heavy atom. The molecule has 3 aromatic rings. The predicted molar refractivity (Wildman–Crippen MR) is 76.5 cm³/mol. The molecule has 0 spiro atoms. The highest BCUT2D eigenvalue weighted by Crippen LogP contribution is 2.26. The van der Waals surface area contributed by atoms with Gasteiger partial charge in [-0.25, -0.2) is 0 Å². The summed E-state index contributed by atoms with van der Waals surface area (Å²) in [5.74, 6) is 0. The van der Waals surface area contributed by atoms with Crippen molar-refractivity contribution in [2.24, 2.45) is 0 Å². The molecule has 0 atom stereocenters. The average Bonchev–Trinajstić information content (AvgIpc) is 2.89. The molecule has 0 radical (unpaired) electrons. The first kappa shape index (κ1) is 12.3. The second kappa shape index (κ2) is 5.13. The molecule has 0 bridgehead atoms. The third-order valence-electron chi connectivity index (χ3n) is 3.35. The van der Waals surface area contributed by atoms with Crippen molar-refractivity contribution >= 4 is 16.6 Å². The van der Waals surface area contributed by atoms with Crippen LogP contribution in [-0.4, -0.2) is 14.5 Å². The summed E-state index contributed by atoms with van der Waals surface area (Å²) in [4.78, 5) is 14.7. The Kier molecular flexibility index (Phi) is 3.16. The first-order valence-corrected chi connectivity index (χ1v) is 6.37. The molecular weight excluding hydrogens is 254 g/mol. The van der Waals surface area contributed by atoms with E-state index in [9.17, 15) is 10.1 Å². The summed E-state index contributed by atoms with van der Waals surface area (Å²) in [5, 5.41) is 11.7. The van der Waals surface area contributed by atoms with Crippen molar-refractivity contribution in [2.75, 3.05) is 0 Å². The lowest BCUT2D eigenvalue weighted by Crippen LogP contribution is -2.00. The fourth-order valence-corrected chi connectivity index (χ4v) is 2.36. The fourth-order valence-electron chi connectivity index (χ4n) is 2.36. The van der Waals surface area contributed by atoms with Gasteiger partial charge in [0.1, 0.15) is 0 Å². The van der Waals surface area contributed by atoms with Crippen LogP contribution in [0.15, 0.2) is 55.0 Å². The van der Waals surface area contributed by atoms with E-state index in [0.29, 0.717) is 5.39 Å². The molecule has 0 saturated carbocycles. The molecule has 2 aromatic heterocycles. The Labute approximate surface area is 115 Å². The highest BCUT2D eigenvalue weighted by molar-refractivity contribution is 5.89. The molecule has 1 aromatic carbocycles. The second-order valence-corrected chi connectivity index (χ2v) is 4.59. The molecule has 2 heterocycles. The van der Waals surface area contributed by atoms with E-state index in [4.69, 9.17) is 0 Å². The lowest BCUT2D eigenvalue weighted by Gasteiger charge is -2.05. The molecule has 100 valence electrons. The Balaban J connectivity index is 1.90. The van der Waals surface area contributed by atoms with E-state index in [2.05, 4.69) is 4.98 Å². The highest BCUT2D eigenvalue weighted by Gasteiger charge is 2.13. The largest absolute Gasteiger partial charge is 0.347 e. The molecule has 0 amide bonds. The van der Waals surface area contributed by atoms with Gasteiger partial charge in [-0.2, -0.15) is 0 Å². The standard InChI is InChI=1S/C15H13N3O2/c19-18(20)15-5-1-4-14-13(15)7-10-17(14)9-6-12-3-2-8-16-11-12/h1-5,7-8,10-11H,6,9H2. The van der Waals surface area contributed by atoms with Crippen LogP contribution in [-0.2, 0) is 13.0 Å². The molecule has 3 rings (SSSR count). The smallest absolute Gasteiger partial charge is 0.278 e. The van der Waals surface area contributed by atoms with Gasteiger partial charge in [0.25, 0.3) is 5.69 Å². The molecule has 0 aliphatic heterocycles. The predicted octanol–water partition coefficient (Wildman–Crippen LogP) is 3.19. The third-order valence-corrected chi connectivity index (χ3v) is 3.35. The summed E-state index contributed by atoms with van der Waals surface area (Å²) in [6.07, 6.45) is 6.33. The number of nitro groups is 1. The van der Waals surface area contributed by atoms with Crippen LogP contribution in [0.5, 0.6) is 0 Å². The van der Waals surface area contributed by atoms with E-state index < -0.39 is 0 Å². The third kappa shape index (κ3) is 2.25. The molecule has 0 aliphatic rings. The number of hydrogen-bond donors (Lipinski definition) is 0. The molecule has 0 N–H and O–H groups in total. The first-order valence-electron chi connectivity index (χ1n) is 6.37. The number of nitrogens with zero attached hydrogens (tertiary/aromatic N) is 3. The highest BCUT2D eigenvalue weighted by atomic mass is 16.6. The van der Waals surface area contributed by atoms with Gasteiger partial charge >= 0.3 is 0 Å². The minimum atomic E-state index is -0.339. The monoisotopic (exact) mass is 267 g/mol. The van der Waals surface area contributed by atoms with Crippen LogP contribution in [0.2, 0.25) is 0 Å². The van der Waals surface area contributed by atoms with Crippen LogP contribution >= 0.6 is 0 Å². The van der Waals surface area contributed by atoms with Gasteiger partial charge in [-0.1, -0.05) is 12.1 Å². The van der Waals surface area contributed by atoms with Crippen molar-refractivity contribution in [2.45, 2.75) is 13.0 Å². The van der Waals surface area contributed by atoms with Crippen LogP contribution in [0.1, 0.15) is 5.56 Å². The first-order chi connectivity index (χ1) is 9.75. The Bertz CT molecular complexity index is 750. The summed E-state index contributed by atoms with van der Waals surface area (Å²) < 4.78 is 2.04. The van der Waals surface area contributed by atoms with Crippen LogP contribution < -0.4 is 0 Å². The van der Waals surface area contributed by atoms with Gasteiger partial charge in [0.05, 0.1) is 15.8 Å². The van der Waals surface area contributed by atoms with E-state index in [1.54, 1.807) is 18.3 Å². The Hall–Kier alpha value is -2.69. The Morgan fingerprint density at radius 2 is 2.10 bits per heavy atom. The van der Waals surface area contributed by atoms with E-state index in [-0.39, 0.29) is 10.6 Å². The summed E-state index contributed by atoms with van der Waals surface area (Å²) in [5.41, 5.74) is 2.20. The number of pyridine rings is 1. The summed E-state index contributed by atoms with van der Waals surface area (Å²) in [7, 11) is 0. The zero-order valence-corrected chi connectivity index (χ0v) is 10.8. The van der Waals surface area contributed by atoms with Gasteiger partial charge in [-0.05, 0) is 30.2 Å². The van der Waals surface area contributed by atoms with Gasteiger partial charge < -0.3 is 4.57 Å². The molecule has 5 heteroatoms. The van der Waals surface area contributed by atoms with Crippen molar-refractivity contribution in [3.05, 3.63) is 70.7 Å². The van der Waals surface area contributed by atoms with Gasteiger partial charge in [-0.15, -0.1) is 0 Å². The van der Waals surface area contributed by atoms with Crippen molar-refractivity contribution in [3.8, 4) is 0 Å². The van der Waals surface area contributed by atoms with Crippen LogP contribution in [0, 0.1) is 10.1 Å². The number of aromatic nitrogens is 2. The Morgan fingerprint density at radius 3 is 2.85 bits per heavy atom. The zero-order chi connectivity index (χ0) is 13.9. The van der Waals surface area contributed by atoms with Gasteiger partial charge in [0.2, 0.25) is 0 Å². The van der Waals surface area contributed by atoms with Gasteiger partial charge in [0.15, 0.2) is 0 Å². The number of non-ortho nitro benzene ring substituents is 1. The molecule has 0 fully saturated rings. The lowest BCUT2D eigenvalue weighted by atomic mass is 10.2. The number of hydrogen-bond acceptors (Lipinski definition) is 3.